The second-order valence-corrected chi connectivity index (χ2v) is 5.88. The van der Waals surface area contributed by atoms with Crippen molar-refractivity contribution in [2.75, 3.05) is 5.75 Å². The van der Waals surface area contributed by atoms with E-state index < -0.39 is 0 Å². The van der Waals surface area contributed by atoms with E-state index in [2.05, 4.69) is 27.8 Å². The van der Waals surface area contributed by atoms with Gasteiger partial charge in [0.1, 0.15) is 5.75 Å². The smallest absolute Gasteiger partial charge is 0.230 e. The lowest BCUT2D eigenvalue weighted by Crippen LogP contribution is -2.33. The Hall–Kier alpha value is -2.09. The van der Waals surface area contributed by atoms with Gasteiger partial charge < -0.3 is 10.4 Å². The van der Waals surface area contributed by atoms with E-state index in [1.807, 2.05) is 6.92 Å². The second-order valence-electron chi connectivity index (χ2n) is 4.94. The number of carbonyl (C=O) groups is 1. The van der Waals surface area contributed by atoms with Gasteiger partial charge in [0, 0.05) is 6.04 Å². The number of nitrogens with one attached hydrogen (secondary N) is 1. The van der Waals surface area contributed by atoms with Crippen LogP contribution < -0.4 is 5.32 Å². The number of thioether (sulfide) groups is 1. The van der Waals surface area contributed by atoms with Gasteiger partial charge in [-0.3, -0.25) is 4.79 Å². The molecule has 1 amide bonds. The fourth-order valence-electron chi connectivity index (χ4n) is 1.98. The van der Waals surface area contributed by atoms with Crippen molar-refractivity contribution in [2.45, 2.75) is 37.9 Å². The molecule has 0 radical (unpaired) electrons. The molecule has 118 valence electrons. The number of phenolic OH excluding ortho intramolecular Hbond substituents is 1. The van der Waals surface area contributed by atoms with Gasteiger partial charge in [0.2, 0.25) is 11.1 Å². The fourth-order valence-corrected chi connectivity index (χ4v) is 2.68. The van der Waals surface area contributed by atoms with Crippen molar-refractivity contribution < 1.29 is 9.90 Å². The average Bonchev–Trinajstić information content (AvgIpc) is 2.94. The van der Waals surface area contributed by atoms with E-state index >= 15 is 0 Å². The summed E-state index contributed by atoms with van der Waals surface area (Å²) in [5.41, 5.74) is 0.727. The van der Waals surface area contributed by atoms with Crippen LogP contribution in [0.2, 0.25) is 0 Å². The molecule has 8 heteroatoms. The van der Waals surface area contributed by atoms with Gasteiger partial charge in [-0.1, -0.05) is 25.1 Å². The molecule has 0 fully saturated rings. The Balaban J connectivity index is 1.96. The number of hydrogen-bond donors (Lipinski definition) is 2. The standard InChI is InChI=1S/C14H19N5O2S/c1-3-4-10(2)15-13(21)9-22-14-16-17-18-19(14)11-5-7-12(20)8-6-11/h5-8,10,20H,3-4,9H2,1-2H3,(H,15,21)/t10-/m1/s1. The number of rotatable bonds is 7. The molecule has 22 heavy (non-hydrogen) atoms. The summed E-state index contributed by atoms with van der Waals surface area (Å²) in [7, 11) is 0. The number of nitrogens with zero attached hydrogens (tertiary/aromatic N) is 4. The summed E-state index contributed by atoms with van der Waals surface area (Å²) in [5.74, 6) is 0.397. The molecule has 0 saturated heterocycles. The first-order valence-corrected chi connectivity index (χ1v) is 8.08. The number of hydrogen-bond acceptors (Lipinski definition) is 6. The van der Waals surface area contributed by atoms with Gasteiger partial charge in [-0.25, -0.2) is 0 Å². The quantitative estimate of drug-likeness (QED) is 0.755. The Bertz CT molecular complexity index is 614. The number of benzene rings is 1. The molecule has 1 atom stereocenters. The van der Waals surface area contributed by atoms with Crippen molar-refractivity contribution in [1.29, 1.82) is 0 Å². The molecule has 0 unspecified atom stereocenters. The maximum Gasteiger partial charge on any atom is 0.230 e. The Morgan fingerprint density at radius 2 is 2.14 bits per heavy atom. The zero-order valence-electron chi connectivity index (χ0n) is 12.6. The molecular formula is C14H19N5O2S. The monoisotopic (exact) mass is 321 g/mol. The van der Waals surface area contributed by atoms with Gasteiger partial charge in [-0.15, -0.1) is 5.10 Å². The van der Waals surface area contributed by atoms with E-state index in [0.717, 1.165) is 18.5 Å². The summed E-state index contributed by atoms with van der Waals surface area (Å²) >= 11 is 1.27. The molecule has 0 aliphatic carbocycles. The van der Waals surface area contributed by atoms with Crippen LogP contribution in [0.25, 0.3) is 5.69 Å². The van der Waals surface area contributed by atoms with Crippen LogP contribution in [0.1, 0.15) is 26.7 Å². The van der Waals surface area contributed by atoms with Crippen LogP contribution in [0.3, 0.4) is 0 Å². The summed E-state index contributed by atoms with van der Waals surface area (Å²) in [4.78, 5) is 11.9. The average molecular weight is 321 g/mol. The van der Waals surface area contributed by atoms with Crippen LogP contribution in [0.4, 0.5) is 0 Å². The first kappa shape index (κ1) is 16.3. The van der Waals surface area contributed by atoms with E-state index in [9.17, 15) is 9.90 Å². The minimum atomic E-state index is -0.0359. The Morgan fingerprint density at radius 3 is 2.82 bits per heavy atom. The summed E-state index contributed by atoms with van der Waals surface area (Å²) in [6, 6.07) is 6.71. The van der Waals surface area contributed by atoms with Gasteiger partial charge >= 0.3 is 0 Å². The van der Waals surface area contributed by atoms with Crippen LogP contribution in [-0.4, -0.2) is 43.0 Å². The lowest BCUT2D eigenvalue weighted by molar-refractivity contribution is -0.119. The van der Waals surface area contributed by atoms with Crippen LogP contribution in [0.15, 0.2) is 29.4 Å². The van der Waals surface area contributed by atoms with E-state index in [1.54, 1.807) is 24.3 Å². The molecule has 7 nitrogen and oxygen atoms in total. The van der Waals surface area contributed by atoms with Gasteiger partial charge in [0.05, 0.1) is 11.4 Å². The number of carbonyl (C=O) groups excluding carboxylic acids is 1. The van der Waals surface area contributed by atoms with Crippen LogP contribution in [0, 0.1) is 0 Å². The Labute approximate surface area is 133 Å². The highest BCUT2D eigenvalue weighted by Crippen LogP contribution is 2.19. The highest BCUT2D eigenvalue weighted by molar-refractivity contribution is 7.99. The molecule has 0 spiro atoms. The van der Waals surface area contributed by atoms with Crippen molar-refractivity contribution in [1.82, 2.24) is 25.5 Å². The summed E-state index contributed by atoms with van der Waals surface area (Å²) < 4.78 is 1.53. The van der Waals surface area contributed by atoms with E-state index in [-0.39, 0.29) is 23.5 Å². The van der Waals surface area contributed by atoms with Crippen molar-refractivity contribution >= 4 is 17.7 Å². The third-order valence-electron chi connectivity index (χ3n) is 3.00. The van der Waals surface area contributed by atoms with Crippen LogP contribution >= 0.6 is 11.8 Å². The summed E-state index contributed by atoms with van der Waals surface area (Å²) in [5, 5.41) is 24.2. The maximum atomic E-state index is 11.9. The topological polar surface area (TPSA) is 92.9 Å². The van der Waals surface area contributed by atoms with Gasteiger partial charge in [-0.2, -0.15) is 4.68 Å². The molecule has 2 N–H and O–H groups in total. The van der Waals surface area contributed by atoms with E-state index in [1.165, 1.54) is 16.4 Å². The predicted octanol–water partition coefficient (Wildman–Crippen LogP) is 1.76. The fraction of sp³-hybridized carbons (Fsp3) is 0.429. The second kappa shape index (κ2) is 7.79. The molecule has 1 aromatic heterocycles. The number of amides is 1. The Morgan fingerprint density at radius 1 is 1.41 bits per heavy atom. The molecule has 2 rings (SSSR count). The molecular weight excluding hydrogens is 302 g/mol. The van der Waals surface area contributed by atoms with Gasteiger partial charge in [-0.05, 0) is 48.0 Å². The largest absolute Gasteiger partial charge is 0.508 e. The molecule has 1 aromatic carbocycles. The van der Waals surface area contributed by atoms with Gasteiger partial charge in [0.25, 0.3) is 0 Å². The molecule has 0 aliphatic heterocycles. The normalized spacial score (nSPS) is 12.1. The lowest BCUT2D eigenvalue weighted by Gasteiger charge is -2.12. The van der Waals surface area contributed by atoms with Crippen molar-refractivity contribution in [3.8, 4) is 11.4 Å². The number of aromatic nitrogens is 4. The predicted molar refractivity (Wildman–Crippen MR) is 84.1 cm³/mol. The van der Waals surface area contributed by atoms with Gasteiger partial charge in [0.15, 0.2) is 0 Å². The number of phenols is 1. The number of aromatic hydroxyl groups is 1. The Kier molecular flexibility index (Phi) is 5.76. The zero-order chi connectivity index (χ0) is 15.9. The summed E-state index contributed by atoms with van der Waals surface area (Å²) in [6.45, 7) is 4.08. The molecule has 2 aromatic rings. The highest BCUT2D eigenvalue weighted by Gasteiger charge is 2.12. The van der Waals surface area contributed by atoms with Crippen LogP contribution in [-0.2, 0) is 4.79 Å². The summed E-state index contributed by atoms with van der Waals surface area (Å²) in [6.07, 6.45) is 2.00. The molecule has 0 aliphatic rings. The molecule has 0 bridgehead atoms. The molecule has 1 heterocycles. The molecule has 0 saturated carbocycles. The minimum Gasteiger partial charge on any atom is -0.508 e. The van der Waals surface area contributed by atoms with Crippen LogP contribution in [0.5, 0.6) is 5.75 Å². The van der Waals surface area contributed by atoms with E-state index in [4.69, 9.17) is 0 Å². The van der Waals surface area contributed by atoms with Crippen molar-refractivity contribution in [3.63, 3.8) is 0 Å². The van der Waals surface area contributed by atoms with Crippen molar-refractivity contribution in [2.24, 2.45) is 0 Å². The zero-order valence-corrected chi connectivity index (χ0v) is 13.4. The lowest BCUT2D eigenvalue weighted by atomic mass is 10.2. The maximum absolute atomic E-state index is 11.9. The third kappa shape index (κ3) is 4.45. The van der Waals surface area contributed by atoms with Crippen molar-refractivity contribution in [3.05, 3.63) is 24.3 Å². The number of tetrazole rings is 1. The first-order chi connectivity index (χ1) is 10.6. The SMILES string of the molecule is CCC[C@@H](C)NC(=O)CSc1nnnn1-c1ccc(O)cc1. The van der Waals surface area contributed by atoms with E-state index in [0.29, 0.717) is 5.16 Å². The highest BCUT2D eigenvalue weighted by atomic mass is 32.2. The minimum absolute atomic E-state index is 0.0359. The third-order valence-corrected chi connectivity index (χ3v) is 3.92. The first-order valence-electron chi connectivity index (χ1n) is 7.10.